The van der Waals surface area contributed by atoms with E-state index in [0.717, 1.165) is 31.0 Å². The molecule has 122 valence electrons. The van der Waals surface area contributed by atoms with Crippen molar-refractivity contribution >= 4 is 17.9 Å². The molecular weight excluding hydrogens is 298 g/mol. The number of hydrogen-bond donors (Lipinski definition) is 0. The Hall–Kier alpha value is -1.36. The van der Waals surface area contributed by atoms with Gasteiger partial charge < -0.3 is 14.4 Å². The van der Waals surface area contributed by atoms with E-state index in [0.29, 0.717) is 5.25 Å². The van der Waals surface area contributed by atoms with Crippen LogP contribution < -0.4 is 4.74 Å². The Bertz CT molecular complexity index is 496. The second-order valence-corrected chi connectivity index (χ2v) is 7.70. The highest BCUT2D eigenvalue weighted by Gasteiger charge is 2.25. The van der Waals surface area contributed by atoms with Gasteiger partial charge >= 0.3 is 6.09 Å². The molecule has 1 aliphatic rings. The lowest BCUT2D eigenvalue weighted by Crippen LogP contribution is -2.38. The third-order valence-electron chi connectivity index (χ3n) is 3.48. The van der Waals surface area contributed by atoms with Gasteiger partial charge in [-0.05, 0) is 44.9 Å². The largest absolute Gasteiger partial charge is 0.497 e. The van der Waals surface area contributed by atoms with Crippen molar-refractivity contribution in [2.45, 2.75) is 38.0 Å². The zero-order valence-corrected chi connectivity index (χ0v) is 14.6. The zero-order chi connectivity index (χ0) is 16.2. The van der Waals surface area contributed by atoms with Crippen molar-refractivity contribution in [2.75, 3.05) is 26.0 Å². The molecule has 0 radical (unpaired) electrons. The SMILES string of the molecule is COc1ccc(C2CCN(C(=O)OC(C)(C)C)CCS2)cc1. The van der Waals surface area contributed by atoms with E-state index in [1.807, 2.05) is 49.6 Å². The Morgan fingerprint density at radius 2 is 1.91 bits per heavy atom. The van der Waals surface area contributed by atoms with Crippen molar-refractivity contribution in [3.8, 4) is 5.75 Å². The number of thioether (sulfide) groups is 1. The molecule has 1 fully saturated rings. The molecule has 1 heterocycles. The summed E-state index contributed by atoms with van der Waals surface area (Å²) in [5.74, 6) is 1.80. The van der Waals surface area contributed by atoms with Gasteiger partial charge in [-0.15, -0.1) is 0 Å². The summed E-state index contributed by atoms with van der Waals surface area (Å²) in [6.45, 7) is 7.18. The zero-order valence-electron chi connectivity index (χ0n) is 13.8. The molecule has 1 saturated heterocycles. The van der Waals surface area contributed by atoms with Gasteiger partial charge in [0.15, 0.2) is 0 Å². The molecule has 1 amide bonds. The van der Waals surface area contributed by atoms with Crippen molar-refractivity contribution in [3.05, 3.63) is 29.8 Å². The molecular formula is C17H25NO3S. The number of benzene rings is 1. The Kier molecular flexibility index (Phi) is 5.62. The lowest BCUT2D eigenvalue weighted by atomic mass is 10.1. The molecule has 4 nitrogen and oxygen atoms in total. The van der Waals surface area contributed by atoms with Crippen LogP contribution in [0.3, 0.4) is 0 Å². The van der Waals surface area contributed by atoms with Crippen LogP contribution in [-0.2, 0) is 4.74 Å². The van der Waals surface area contributed by atoms with E-state index >= 15 is 0 Å². The van der Waals surface area contributed by atoms with Crippen molar-refractivity contribution < 1.29 is 14.3 Å². The normalized spacial score (nSPS) is 19.5. The Labute approximate surface area is 137 Å². The molecule has 0 aliphatic carbocycles. The summed E-state index contributed by atoms with van der Waals surface area (Å²) in [7, 11) is 1.67. The summed E-state index contributed by atoms with van der Waals surface area (Å²) in [6.07, 6.45) is 0.736. The van der Waals surface area contributed by atoms with Crippen molar-refractivity contribution in [1.82, 2.24) is 4.90 Å². The average Bonchev–Trinajstić information content (AvgIpc) is 2.71. The van der Waals surface area contributed by atoms with Gasteiger partial charge in [0.1, 0.15) is 11.4 Å². The highest BCUT2D eigenvalue weighted by molar-refractivity contribution is 7.99. The minimum Gasteiger partial charge on any atom is -0.497 e. The first-order valence-corrected chi connectivity index (χ1v) is 8.67. The molecule has 1 aromatic carbocycles. The number of hydrogen-bond acceptors (Lipinski definition) is 4. The first-order valence-electron chi connectivity index (χ1n) is 7.62. The predicted molar refractivity (Wildman–Crippen MR) is 90.6 cm³/mol. The molecule has 2 rings (SSSR count). The van der Waals surface area contributed by atoms with Gasteiger partial charge in [-0.1, -0.05) is 12.1 Å². The Morgan fingerprint density at radius 1 is 1.23 bits per heavy atom. The van der Waals surface area contributed by atoms with Crippen LogP contribution in [0.2, 0.25) is 0 Å². The number of nitrogens with zero attached hydrogens (tertiary/aromatic N) is 1. The number of rotatable bonds is 2. The van der Waals surface area contributed by atoms with Crippen LogP contribution in [0.1, 0.15) is 38.0 Å². The second-order valence-electron chi connectivity index (χ2n) is 6.39. The number of amides is 1. The summed E-state index contributed by atoms with van der Waals surface area (Å²) >= 11 is 1.90. The number of carbonyl (C=O) groups excluding carboxylic acids is 1. The highest BCUT2D eigenvalue weighted by Crippen LogP contribution is 2.35. The smallest absolute Gasteiger partial charge is 0.410 e. The topological polar surface area (TPSA) is 38.8 Å². The molecule has 0 spiro atoms. The fourth-order valence-electron chi connectivity index (χ4n) is 2.36. The first kappa shape index (κ1) is 17.0. The molecule has 1 aromatic rings. The quantitative estimate of drug-likeness (QED) is 0.821. The maximum atomic E-state index is 12.2. The fraction of sp³-hybridized carbons (Fsp3) is 0.588. The predicted octanol–water partition coefficient (Wildman–Crippen LogP) is 4.11. The third-order valence-corrected chi connectivity index (χ3v) is 4.81. The summed E-state index contributed by atoms with van der Waals surface area (Å²) in [4.78, 5) is 14.0. The van der Waals surface area contributed by atoms with Crippen LogP contribution in [0, 0.1) is 0 Å². The van der Waals surface area contributed by atoms with Gasteiger partial charge in [0.25, 0.3) is 0 Å². The average molecular weight is 323 g/mol. The van der Waals surface area contributed by atoms with Crippen LogP contribution in [-0.4, -0.2) is 42.5 Å². The first-order chi connectivity index (χ1) is 10.4. The molecule has 1 atom stereocenters. The Balaban J connectivity index is 1.95. The van der Waals surface area contributed by atoms with Gasteiger partial charge in [0.05, 0.1) is 7.11 Å². The molecule has 1 unspecified atom stereocenters. The highest BCUT2D eigenvalue weighted by atomic mass is 32.2. The summed E-state index contributed by atoms with van der Waals surface area (Å²) in [5, 5.41) is 0.415. The summed E-state index contributed by atoms with van der Waals surface area (Å²) in [6, 6.07) is 8.21. The molecule has 1 aliphatic heterocycles. The lowest BCUT2D eigenvalue weighted by molar-refractivity contribution is 0.0263. The van der Waals surface area contributed by atoms with Crippen molar-refractivity contribution in [1.29, 1.82) is 0 Å². The van der Waals surface area contributed by atoms with E-state index in [1.165, 1.54) is 5.56 Å². The fourth-order valence-corrected chi connectivity index (χ4v) is 3.60. The molecule has 0 saturated carbocycles. The molecule has 0 aromatic heterocycles. The molecule has 0 N–H and O–H groups in total. The number of ether oxygens (including phenoxy) is 2. The van der Waals surface area contributed by atoms with Crippen LogP contribution in [0.15, 0.2) is 24.3 Å². The van der Waals surface area contributed by atoms with Gasteiger partial charge in [0.2, 0.25) is 0 Å². The van der Waals surface area contributed by atoms with Crippen LogP contribution >= 0.6 is 11.8 Å². The maximum absolute atomic E-state index is 12.2. The van der Waals surface area contributed by atoms with E-state index in [4.69, 9.17) is 9.47 Å². The van der Waals surface area contributed by atoms with E-state index in [-0.39, 0.29) is 6.09 Å². The van der Waals surface area contributed by atoms with Crippen LogP contribution in [0.5, 0.6) is 5.75 Å². The van der Waals surface area contributed by atoms with E-state index in [2.05, 4.69) is 12.1 Å². The van der Waals surface area contributed by atoms with E-state index in [1.54, 1.807) is 7.11 Å². The van der Waals surface area contributed by atoms with Gasteiger partial charge in [0, 0.05) is 24.1 Å². The standard InChI is InChI=1S/C17H25NO3S/c1-17(2,3)21-16(19)18-10-9-15(22-12-11-18)13-5-7-14(20-4)8-6-13/h5-8,15H,9-12H2,1-4H3. The second kappa shape index (κ2) is 7.27. The van der Waals surface area contributed by atoms with Gasteiger partial charge in [-0.2, -0.15) is 11.8 Å². The minimum atomic E-state index is -0.439. The van der Waals surface area contributed by atoms with Crippen LogP contribution in [0.4, 0.5) is 4.79 Å². The molecule has 22 heavy (non-hydrogen) atoms. The lowest BCUT2D eigenvalue weighted by Gasteiger charge is -2.26. The number of carbonyl (C=O) groups is 1. The molecule has 5 heteroatoms. The summed E-state index contributed by atoms with van der Waals surface area (Å²) < 4.78 is 10.7. The Morgan fingerprint density at radius 3 is 2.50 bits per heavy atom. The van der Waals surface area contributed by atoms with Gasteiger partial charge in [-0.25, -0.2) is 4.79 Å². The minimum absolute atomic E-state index is 0.205. The van der Waals surface area contributed by atoms with Crippen LogP contribution in [0.25, 0.3) is 0 Å². The summed E-state index contributed by atoms with van der Waals surface area (Å²) in [5.41, 5.74) is 0.850. The maximum Gasteiger partial charge on any atom is 0.410 e. The van der Waals surface area contributed by atoms with Gasteiger partial charge in [-0.3, -0.25) is 0 Å². The van der Waals surface area contributed by atoms with E-state index < -0.39 is 5.60 Å². The molecule has 0 bridgehead atoms. The van der Waals surface area contributed by atoms with Crippen molar-refractivity contribution in [2.24, 2.45) is 0 Å². The van der Waals surface area contributed by atoms with E-state index in [9.17, 15) is 4.79 Å². The third kappa shape index (κ3) is 4.83. The van der Waals surface area contributed by atoms with Crippen molar-refractivity contribution in [3.63, 3.8) is 0 Å². The monoisotopic (exact) mass is 323 g/mol. The number of methoxy groups -OCH3 is 1.